The topological polar surface area (TPSA) is 145 Å². The van der Waals surface area contributed by atoms with Crippen LogP contribution in [0.5, 0.6) is 5.75 Å². The van der Waals surface area contributed by atoms with Gasteiger partial charge in [-0.1, -0.05) is 18.2 Å². The number of H-pyrrole nitrogens is 1. The van der Waals surface area contributed by atoms with Crippen LogP contribution in [-0.4, -0.2) is 38.2 Å². The molecule has 0 aliphatic rings. The first-order valence-electron chi connectivity index (χ1n) is 8.86. The molecule has 0 aliphatic heterocycles. The molecule has 0 fully saturated rings. The molecule has 0 aliphatic carbocycles. The van der Waals surface area contributed by atoms with Crippen molar-refractivity contribution in [3.63, 3.8) is 0 Å². The minimum absolute atomic E-state index is 0.283. The number of amides is 2. The van der Waals surface area contributed by atoms with Gasteiger partial charge in [0.1, 0.15) is 11.1 Å². The second kappa shape index (κ2) is 7.87. The molecule has 10 heteroatoms. The largest absolute Gasteiger partial charge is 0.484 e. The van der Waals surface area contributed by atoms with Crippen LogP contribution >= 0.6 is 0 Å². The first-order chi connectivity index (χ1) is 14.5. The third-order valence-electron chi connectivity index (χ3n) is 4.27. The molecule has 4 aromatic rings. The maximum atomic E-state index is 12.4. The highest BCUT2D eigenvalue weighted by molar-refractivity contribution is 5.95. The third kappa shape index (κ3) is 3.74. The van der Waals surface area contributed by atoms with Crippen LogP contribution in [0.2, 0.25) is 0 Å². The summed E-state index contributed by atoms with van der Waals surface area (Å²) >= 11 is 0. The van der Waals surface area contributed by atoms with Crippen molar-refractivity contribution >= 4 is 28.5 Å². The fourth-order valence-corrected chi connectivity index (χ4v) is 2.87. The summed E-state index contributed by atoms with van der Waals surface area (Å²) in [7, 11) is 0. The van der Waals surface area contributed by atoms with Crippen molar-refractivity contribution in [3.8, 4) is 11.4 Å². The number of aromatic amines is 1. The Morgan fingerprint density at radius 2 is 2.00 bits per heavy atom. The second-order valence-corrected chi connectivity index (χ2v) is 6.27. The molecular weight excluding hydrogens is 388 g/mol. The molecule has 0 radical (unpaired) electrons. The number of hydrogen-bond acceptors (Lipinski definition) is 6. The van der Waals surface area contributed by atoms with E-state index in [1.807, 2.05) is 0 Å². The average Bonchev–Trinajstić information content (AvgIpc) is 3.18. The van der Waals surface area contributed by atoms with Crippen molar-refractivity contribution in [3.05, 3.63) is 77.0 Å². The number of nitrogens with two attached hydrogens (primary N) is 1. The lowest BCUT2D eigenvalue weighted by atomic mass is 10.2. The predicted molar refractivity (Wildman–Crippen MR) is 109 cm³/mol. The van der Waals surface area contributed by atoms with Gasteiger partial charge in [0, 0.05) is 5.56 Å². The highest BCUT2D eigenvalue weighted by atomic mass is 16.5. The molecule has 2 amide bonds. The number of nitrogens with zero attached hydrogens (tertiary/aromatic N) is 3. The predicted octanol–water partition coefficient (Wildman–Crippen LogP) is 1.23. The van der Waals surface area contributed by atoms with E-state index in [-0.39, 0.29) is 17.7 Å². The van der Waals surface area contributed by atoms with E-state index < -0.39 is 11.8 Å². The van der Waals surface area contributed by atoms with Gasteiger partial charge >= 0.3 is 0 Å². The Morgan fingerprint density at radius 1 is 1.17 bits per heavy atom. The van der Waals surface area contributed by atoms with Crippen molar-refractivity contribution < 1.29 is 14.3 Å². The molecular formula is C20H16N6O4. The van der Waals surface area contributed by atoms with E-state index >= 15 is 0 Å². The summed E-state index contributed by atoms with van der Waals surface area (Å²) in [4.78, 5) is 42.2. The van der Waals surface area contributed by atoms with E-state index in [4.69, 9.17) is 10.5 Å². The maximum absolute atomic E-state index is 12.4. The van der Waals surface area contributed by atoms with Gasteiger partial charge in [0.15, 0.2) is 12.3 Å². The van der Waals surface area contributed by atoms with Gasteiger partial charge in [0.05, 0.1) is 23.9 Å². The van der Waals surface area contributed by atoms with Gasteiger partial charge in [-0.05, 0) is 30.3 Å². The number of primary amides is 1. The number of ether oxygens (including phenoxy) is 1. The van der Waals surface area contributed by atoms with Gasteiger partial charge in [-0.25, -0.2) is 9.67 Å². The van der Waals surface area contributed by atoms with E-state index in [1.54, 1.807) is 42.5 Å². The van der Waals surface area contributed by atoms with Crippen LogP contribution in [0, 0.1) is 0 Å². The summed E-state index contributed by atoms with van der Waals surface area (Å²) < 4.78 is 6.92. The zero-order valence-electron chi connectivity index (χ0n) is 15.5. The van der Waals surface area contributed by atoms with Crippen LogP contribution in [0.4, 0.5) is 5.69 Å². The molecule has 0 saturated carbocycles. The van der Waals surface area contributed by atoms with E-state index in [2.05, 4.69) is 20.4 Å². The summed E-state index contributed by atoms with van der Waals surface area (Å²) in [5.74, 6) is -0.664. The molecule has 4 N–H and O–H groups in total. The Labute approximate surface area is 169 Å². The third-order valence-corrected chi connectivity index (χ3v) is 4.27. The van der Waals surface area contributed by atoms with Crippen molar-refractivity contribution in [2.45, 2.75) is 0 Å². The highest BCUT2D eigenvalue weighted by Gasteiger charge is 2.14. The molecule has 4 rings (SSSR count). The Balaban J connectivity index is 1.54. The summed E-state index contributed by atoms with van der Waals surface area (Å²) in [5.41, 5.74) is 6.58. The minimum Gasteiger partial charge on any atom is -0.484 e. The molecule has 150 valence electrons. The quantitative estimate of drug-likeness (QED) is 0.441. The number of nitrogens with one attached hydrogen (secondary N) is 2. The molecule has 0 atom stereocenters. The molecule has 2 aromatic heterocycles. The van der Waals surface area contributed by atoms with Gasteiger partial charge in [-0.2, -0.15) is 5.10 Å². The van der Waals surface area contributed by atoms with E-state index in [1.165, 1.54) is 23.3 Å². The fraction of sp³-hybridized carbons (Fsp3) is 0.0500. The number of fused-ring (bicyclic) bond motifs is 1. The standard InChI is InChI=1S/C20H16N6O4/c21-18(28)12-4-3-5-13(8-12)30-10-17(27)25-15-6-1-2-7-16(15)26-19-14(9-24-26)20(29)23-11-22-19/h1-9,11H,10H2,(H2,21,28)(H,25,27)(H,22,23,29). The number of benzene rings is 2. The first kappa shape index (κ1) is 18.9. The number of aromatic nitrogens is 4. The Hall–Kier alpha value is -4.47. The summed E-state index contributed by atoms with van der Waals surface area (Å²) in [5, 5.41) is 7.31. The number of rotatable bonds is 6. The minimum atomic E-state index is -0.585. The SMILES string of the molecule is NC(=O)c1cccc(OCC(=O)Nc2ccccc2-n2ncc3c(=O)[nH]cnc32)c1. The molecule has 30 heavy (non-hydrogen) atoms. The van der Waals surface area contributed by atoms with Crippen molar-refractivity contribution in [2.24, 2.45) is 5.73 Å². The number of carbonyl (C=O) groups excluding carboxylic acids is 2. The maximum Gasteiger partial charge on any atom is 0.262 e. The number of para-hydroxylation sites is 2. The van der Waals surface area contributed by atoms with Gasteiger partial charge in [-0.3, -0.25) is 14.4 Å². The monoisotopic (exact) mass is 404 g/mol. The van der Waals surface area contributed by atoms with Gasteiger partial charge < -0.3 is 20.8 Å². The zero-order valence-corrected chi connectivity index (χ0v) is 15.5. The smallest absolute Gasteiger partial charge is 0.262 e. The summed E-state index contributed by atoms with van der Waals surface area (Å²) in [6.45, 7) is -0.283. The second-order valence-electron chi connectivity index (χ2n) is 6.27. The fourth-order valence-electron chi connectivity index (χ4n) is 2.87. The van der Waals surface area contributed by atoms with Gasteiger partial charge in [-0.15, -0.1) is 0 Å². The van der Waals surface area contributed by atoms with Crippen molar-refractivity contribution in [1.82, 2.24) is 19.7 Å². The van der Waals surface area contributed by atoms with Crippen LogP contribution in [0.15, 0.2) is 65.8 Å². The van der Waals surface area contributed by atoms with E-state index in [0.29, 0.717) is 28.2 Å². The van der Waals surface area contributed by atoms with Crippen LogP contribution in [-0.2, 0) is 4.79 Å². The normalized spacial score (nSPS) is 10.7. The first-order valence-corrected chi connectivity index (χ1v) is 8.86. The lowest BCUT2D eigenvalue weighted by Gasteiger charge is -2.12. The van der Waals surface area contributed by atoms with Crippen molar-refractivity contribution in [1.29, 1.82) is 0 Å². The van der Waals surface area contributed by atoms with Crippen molar-refractivity contribution in [2.75, 3.05) is 11.9 Å². The van der Waals surface area contributed by atoms with Gasteiger partial charge in [0.25, 0.3) is 11.5 Å². The molecule has 0 spiro atoms. The Morgan fingerprint density at radius 3 is 2.83 bits per heavy atom. The lowest BCUT2D eigenvalue weighted by Crippen LogP contribution is -2.21. The number of anilines is 1. The zero-order chi connectivity index (χ0) is 21.1. The highest BCUT2D eigenvalue weighted by Crippen LogP contribution is 2.22. The van der Waals surface area contributed by atoms with Gasteiger partial charge in [0.2, 0.25) is 5.91 Å². The Bertz CT molecular complexity index is 1310. The number of carbonyl (C=O) groups is 2. The average molecular weight is 404 g/mol. The molecule has 0 saturated heterocycles. The Kier molecular flexibility index (Phi) is 4.95. The molecule has 2 heterocycles. The lowest BCUT2D eigenvalue weighted by molar-refractivity contribution is -0.118. The van der Waals surface area contributed by atoms with Crippen LogP contribution in [0.3, 0.4) is 0 Å². The molecule has 2 aromatic carbocycles. The summed E-state index contributed by atoms with van der Waals surface area (Å²) in [6, 6.07) is 13.2. The van der Waals surface area contributed by atoms with E-state index in [9.17, 15) is 14.4 Å². The summed E-state index contributed by atoms with van der Waals surface area (Å²) in [6.07, 6.45) is 2.70. The number of hydrogen-bond donors (Lipinski definition) is 3. The van der Waals surface area contributed by atoms with Crippen LogP contribution in [0.25, 0.3) is 16.7 Å². The molecule has 0 bridgehead atoms. The van der Waals surface area contributed by atoms with Crippen LogP contribution < -0.4 is 21.3 Å². The van der Waals surface area contributed by atoms with E-state index in [0.717, 1.165) is 0 Å². The molecule has 0 unspecified atom stereocenters. The van der Waals surface area contributed by atoms with Crippen LogP contribution in [0.1, 0.15) is 10.4 Å². The molecule has 10 nitrogen and oxygen atoms in total.